The molecule has 2 amide bonds. The van der Waals surface area contributed by atoms with Gasteiger partial charge in [-0.1, -0.05) is 24.3 Å². The fourth-order valence-corrected chi connectivity index (χ4v) is 3.27. The van der Waals surface area contributed by atoms with Crippen molar-refractivity contribution in [3.05, 3.63) is 76.8 Å². The summed E-state index contributed by atoms with van der Waals surface area (Å²) in [4.78, 5) is 33.5. The molecule has 0 atom stereocenters. The summed E-state index contributed by atoms with van der Waals surface area (Å²) in [6.07, 6.45) is -0.567. The maximum Gasteiger partial charge on any atom is 0.407 e. The molecule has 0 radical (unpaired) electrons. The molecule has 0 aliphatic heterocycles. The number of nitrogens with two attached hydrogens (primary N) is 1. The van der Waals surface area contributed by atoms with Crippen molar-refractivity contribution in [1.29, 1.82) is 10.8 Å². The fraction of sp³-hybridized carbons (Fsp3) is 0.310. The van der Waals surface area contributed by atoms with E-state index in [1.54, 1.807) is 90.3 Å². The summed E-state index contributed by atoms with van der Waals surface area (Å²) in [5.41, 5.74) is 7.34. The summed E-state index contributed by atoms with van der Waals surface area (Å²) in [6.45, 7) is 10.6. The Morgan fingerprint density at radius 1 is 1.05 bits per heavy atom. The number of ether oxygens (including phenoxy) is 3. The van der Waals surface area contributed by atoms with E-state index in [0.717, 1.165) is 0 Å². The van der Waals surface area contributed by atoms with Crippen LogP contribution in [0.3, 0.4) is 0 Å². The van der Waals surface area contributed by atoms with Gasteiger partial charge in [0.2, 0.25) is 11.8 Å². The lowest BCUT2D eigenvalue weighted by Crippen LogP contribution is -2.34. The van der Waals surface area contributed by atoms with Crippen molar-refractivity contribution in [2.75, 3.05) is 27.2 Å². The molecule has 2 aromatic carbocycles. The van der Waals surface area contributed by atoms with E-state index < -0.39 is 11.7 Å². The van der Waals surface area contributed by atoms with Gasteiger partial charge in [0.25, 0.3) is 5.91 Å². The number of benzene rings is 2. The van der Waals surface area contributed by atoms with Gasteiger partial charge in [-0.3, -0.25) is 15.6 Å². The Bertz CT molecular complexity index is 1360. The van der Waals surface area contributed by atoms with E-state index in [1.165, 1.54) is 4.90 Å². The topological polar surface area (TPSA) is 176 Å². The average molecular weight is 564 g/mol. The summed E-state index contributed by atoms with van der Waals surface area (Å²) in [6, 6.07) is 13.5. The highest BCUT2D eigenvalue weighted by Gasteiger charge is 2.18. The second-order valence-electron chi connectivity index (χ2n) is 9.90. The number of carbonyl (C=O) groups is 2. The van der Waals surface area contributed by atoms with Crippen LogP contribution in [0.2, 0.25) is 0 Å². The molecule has 0 aromatic heterocycles. The number of nitrogens with one attached hydrogen (secondary N) is 3. The lowest BCUT2D eigenvalue weighted by molar-refractivity contribution is 0.0520. The molecule has 0 fully saturated rings. The highest BCUT2D eigenvalue weighted by molar-refractivity contribution is 6.06. The van der Waals surface area contributed by atoms with E-state index in [2.05, 4.69) is 22.0 Å². The van der Waals surface area contributed by atoms with E-state index >= 15 is 0 Å². The second-order valence-corrected chi connectivity index (χ2v) is 9.90. The van der Waals surface area contributed by atoms with Gasteiger partial charge >= 0.3 is 6.09 Å². The van der Waals surface area contributed by atoms with Crippen molar-refractivity contribution in [2.45, 2.75) is 33.3 Å². The molecule has 0 unspecified atom stereocenters. The van der Waals surface area contributed by atoms with Crippen LogP contribution in [0.15, 0.2) is 70.1 Å². The molecule has 2 rings (SSSR count). The number of amides is 2. The second kappa shape index (κ2) is 14.4. The van der Waals surface area contributed by atoms with Crippen LogP contribution in [-0.2, 0) is 9.47 Å². The standard InChI is InChI=1S/C29H37N7O5/c1-18(19-12-14-20(15-13-19)27(37)36(6)7)35-23(24(30)33-5)26(32)40-25(31)21-10-8-9-11-22(21)39-17-16-34-28(38)41-29(2,3)4/h8-15,30-31H,5,16-17,32H2,1-4,6-7H3,(H,34,38). The van der Waals surface area contributed by atoms with Crippen LogP contribution in [-0.4, -0.2) is 73.9 Å². The molecule has 0 bridgehead atoms. The molecule has 0 aliphatic rings. The highest BCUT2D eigenvalue weighted by Crippen LogP contribution is 2.21. The number of hydrogen-bond acceptors (Lipinski definition) is 9. The molecule has 2 aromatic rings. The van der Waals surface area contributed by atoms with E-state index in [-0.39, 0.29) is 47.9 Å². The summed E-state index contributed by atoms with van der Waals surface area (Å²) >= 11 is 0. The zero-order chi connectivity index (χ0) is 30.7. The van der Waals surface area contributed by atoms with Gasteiger partial charge in [-0.15, -0.1) is 0 Å². The molecule has 0 heterocycles. The van der Waals surface area contributed by atoms with Crippen LogP contribution < -0.4 is 15.8 Å². The van der Waals surface area contributed by atoms with Crippen molar-refractivity contribution in [2.24, 2.45) is 15.7 Å². The van der Waals surface area contributed by atoms with Crippen LogP contribution in [0.5, 0.6) is 5.75 Å². The summed E-state index contributed by atoms with van der Waals surface area (Å²) in [5.74, 6) is -0.864. The third kappa shape index (κ3) is 9.92. The van der Waals surface area contributed by atoms with E-state index in [0.29, 0.717) is 22.6 Å². The first kappa shape index (κ1) is 32.2. The van der Waals surface area contributed by atoms with Gasteiger partial charge in [-0.2, -0.15) is 0 Å². The summed E-state index contributed by atoms with van der Waals surface area (Å²) in [5, 5.41) is 19.2. The molecule has 0 saturated carbocycles. The van der Waals surface area contributed by atoms with Gasteiger partial charge in [0.15, 0.2) is 11.5 Å². The van der Waals surface area contributed by atoms with Crippen LogP contribution in [0.4, 0.5) is 4.79 Å². The van der Waals surface area contributed by atoms with Crippen LogP contribution in [0.1, 0.15) is 49.2 Å². The van der Waals surface area contributed by atoms with Gasteiger partial charge < -0.3 is 30.2 Å². The van der Waals surface area contributed by atoms with Gasteiger partial charge in [0, 0.05) is 25.4 Å². The van der Waals surface area contributed by atoms with Crippen molar-refractivity contribution in [1.82, 2.24) is 10.2 Å². The van der Waals surface area contributed by atoms with Crippen molar-refractivity contribution >= 4 is 36.2 Å². The minimum absolute atomic E-state index is 0.105. The number of aliphatic imine (C=N–C) groups is 2. The van der Waals surface area contributed by atoms with Gasteiger partial charge in [0.05, 0.1) is 12.1 Å². The number of carbonyl (C=O) groups excluding carboxylic acids is 2. The van der Waals surface area contributed by atoms with Gasteiger partial charge in [0.1, 0.15) is 18.0 Å². The predicted molar refractivity (Wildman–Crippen MR) is 159 cm³/mol. The first-order chi connectivity index (χ1) is 19.2. The van der Waals surface area contributed by atoms with Crippen molar-refractivity contribution in [3.63, 3.8) is 0 Å². The Hall–Kier alpha value is -5.00. The molecule has 12 nitrogen and oxygen atoms in total. The van der Waals surface area contributed by atoms with E-state index in [1.807, 2.05) is 0 Å². The number of nitrogens with zero attached hydrogens (tertiary/aromatic N) is 3. The van der Waals surface area contributed by atoms with Gasteiger partial charge in [-0.05, 0) is 64.2 Å². The summed E-state index contributed by atoms with van der Waals surface area (Å²) < 4.78 is 16.5. The zero-order valence-corrected chi connectivity index (χ0v) is 24.2. The monoisotopic (exact) mass is 563 g/mol. The maximum absolute atomic E-state index is 12.2. The molecule has 41 heavy (non-hydrogen) atoms. The molecular formula is C29H37N7O5. The Kier molecular flexibility index (Phi) is 11.3. The summed E-state index contributed by atoms with van der Waals surface area (Å²) in [7, 11) is 3.34. The van der Waals surface area contributed by atoms with Gasteiger partial charge in [-0.25, -0.2) is 14.8 Å². The average Bonchev–Trinajstić information content (AvgIpc) is 2.92. The Balaban J connectivity index is 2.20. The van der Waals surface area contributed by atoms with E-state index in [9.17, 15) is 9.59 Å². The first-order valence-corrected chi connectivity index (χ1v) is 12.6. The zero-order valence-electron chi connectivity index (χ0n) is 24.2. The fourth-order valence-electron chi connectivity index (χ4n) is 3.27. The number of rotatable bonds is 10. The lowest BCUT2D eigenvalue weighted by Gasteiger charge is -2.19. The lowest BCUT2D eigenvalue weighted by atomic mass is 10.1. The normalized spacial score (nSPS) is 12.0. The van der Waals surface area contributed by atoms with Crippen molar-refractivity contribution < 1.29 is 23.8 Å². The Morgan fingerprint density at radius 3 is 2.24 bits per heavy atom. The largest absolute Gasteiger partial charge is 0.491 e. The number of hydrogen-bond donors (Lipinski definition) is 4. The Morgan fingerprint density at radius 2 is 1.66 bits per heavy atom. The molecule has 0 saturated heterocycles. The van der Waals surface area contributed by atoms with Crippen LogP contribution in [0, 0.1) is 10.8 Å². The Labute approximate surface area is 239 Å². The molecule has 218 valence electrons. The SMILES string of the molecule is C=NC(=N)C(N=C(C)c1ccc(C(=O)N(C)C)cc1)=C(N)OC(=N)c1ccccc1OCCNC(=O)OC(C)(C)C. The van der Waals surface area contributed by atoms with E-state index in [4.69, 9.17) is 30.8 Å². The third-order valence-electron chi connectivity index (χ3n) is 5.22. The quantitative estimate of drug-likeness (QED) is 0.147. The molecule has 0 aliphatic carbocycles. The smallest absolute Gasteiger partial charge is 0.407 e. The predicted octanol–water partition coefficient (Wildman–Crippen LogP) is 3.95. The minimum Gasteiger partial charge on any atom is -0.491 e. The third-order valence-corrected chi connectivity index (χ3v) is 5.22. The number of alkyl carbamates (subject to hydrolysis) is 1. The molecule has 0 spiro atoms. The first-order valence-electron chi connectivity index (χ1n) is 12.6. The highest BCUT2D eigenvalue weighted by atomic mass is 16.6. The van der Waals surface area contributed by atoms with Crippen LogP contribution >= 0.6 is 0 Å². The van der Waals surface area contributed by atoms with Crippen LogP contribution in [0.25, 0.3) is 0 Å². The molecule has 12 heteroatoms. The number of para-hydroxylation sites is 1. The minimum atomic E-state index is -0.618. The maximum atomic E-state index is 12.2. The molecular weight excluding hydrogens is 526 g/mol. The molecule has 5 N–H and O–H groups in total. The number of amidine groups is 1. The van der Waals surface area contributed by atoms with Crippen molar-refractivity contribution in [3.8, 4) is 5.75 Å².